The van der Waals surface area contributed by atoms with E-state index in [1.807, 2.05) is 81.4 Å². The lowest BCUT2D eigenvalue weighted by molar-refractivity contribution is -0.176. The first-order chi connectivity index (χ1) is 9.52. The van der Waals surface area contributed by atoms with E-state index in [2.05, 4.69) is 0 Å². The Kier molecular flexibility index (Phi) is 4.26. The van der Waals surface area contributed by atoms with E-state index in [1.54, 1.807) is 0 Å². The zero-order chi connectivity index (χ0) is 14.6. The van der Waals surface area contributed by atoms with E-state index in [-0.39, 0.29) is 0 Å². The fraction of sp³-hybridized carbons (Fsp3) is 0.333. The molecule has 0 saturated heterocycles. The zero-order valence-corrected chi connectivity index (χ0v) is 12.3. The second-order valence-electron chi connectivity index (χ2n) is 5.27. The molecule has 106 valence electrons. The van der Waals surface area contributed by atoms with Crippen molar-refractivity contribution in [2.75, 3.05) is 6.61 Å². The lowest BCUT2D eigenvalue weighted by Gasteiger charge is -2.43. The molecule has 2 aromatic carbocycles. The Morgan fingerprint density at radius 1 is 0.850 bits per heavy atom. The summed E-state index contributed by atoms with van der Waals surface area (Å²) in [7, 11) is 0. The Labute approximate surface area is 121 Å². The molecule has 2 atom stereocenters. The van der Waals surface area contributed by atoms with E-state index in [9.17, 15) is 5.11 Å². The third-order valence-electron chi connectivity index (χ3n) is 4.02. The lowest BCUT2D eigenvalue weighted by Crippen LogP contribution is -2.47. The highest BCUT2D eigenvalue weighted by atomic mass is 16.5. The fourth-order valence-corrected chi connectivity index (χ4v) is 2.59. The molecule has 2 nitrogen and oxygen atoms in total. The molecule has 0 aliphatic carbocycles. The lowest BCUT2D eigenvalue weighted by atomic mass is 9.75. The number of aliphatic hydroxyl groups is 1. The SMILES string of the molecule is CCOC(C)(c1ccccc1)C(C)(O)c1ccccc1. The fourth-order valence-electron chi connectivity index (χ4n) is 2.59. The minimum Gasteiger partial charge on any atom is -0.382 e. The Morgan fingerprint density at radius 3 is 1.75 bits per heavy atom. The summed E-state index contributed by atoms with van der Waals surface area (Å²) in [6.07, 6.45) is 0. The van der Waals surface area contributed by atoms with Crippen LogP contribution in [-0.4, -0.2) is 11.7 Å². The highest BCUT2D eigenvalue weighted by Gasteiger charge is 2.46. The third kappa shape index (κ3) is 2.49. The number of ether oxygens (including phenoxy) is 1. The molecular formula is C18H22O2. The Bertz CT molecular complexity index is 534. The first-order valence-electron chi connectivity index (χ1n) is 6.99. The van der Waals surface area contributed by atoms with E-state index in [0.29, 0.717) is 6.61 Å². The van der Waals surface area contributed by atoms with Gasteiger partial charge in [-0.3, -0.25) is 0 Å². The van der Waals surface area contributed by atoms with Crippen molar-refractivity contribution in [3.05, 3.63) is 71.8 Å². The Hall–Kier alpha value is -1.64. The maximum absolute atomic E-state index is 11.2. The Balaban J connectivity index is 2.53. The van der Waals surface area contributed by atoms with Crippen LogP contribution in [0.1, 0.15) is 31.9 Å². The molecule has 2 aromatic rings. The predicted octanol–water partition coefficient (Wildman–Crippen LogP) is 3.85. The maximum Gasteiger partial charge on any atom is 0.123 e. The molecule has 0 fully saturated rings. The number of hydrogen-bond donors (Lipinski definition) is 1. The molecule has 1 N–H and O–H groups in total. The second-order valence-corrected chi connectivity index (χ2v) is 5.27. The normalized spacial score (nSPS) is 17.2. The van der Waals surface area contributed by atoms with Gasteiger partial charge in [0.1, 0.15) is 11.2 Å². The van der Waals surface area contributed by atoms with Crippen LogP contribution in [0, 0.1) is 0 Å². The van der Waals surface area contributed by atoms with Crippen molar-refractivity contribution >= 4 is 0 Å². The smallest absolute Gasteiger partial charge is 0.123 e. The number of hydrogen-bond acceptors (Lipinski definition) is 2. The average Bonchev–Trinajstić information content (AvgIpc) is 2.49. The van der Waals surface area contributed by atoms with Gasteiger partial charge in [0.25, 0.3) is 0 Å². The van der Waals surface area contributed by atoms with Crippen LogP contribution in [0.25, 0.3) is 0 Å². The van der Waals surface area contributed by atoms with Crippen LogP contribution in [0.15, 0.2) is 60.7 Å². The molecule has 2 heteroatoms. The summed E-state index contributed by atoms with van der Waals surface area (Å²) in [5.41, 5.74) is -0.105. The van der Waals surface area contributed by atoms with Gasteiger partial charge in [-0.2, -0.15) is 0 Å². The van der Waals surface area contributed by atoms with Gasteiger partial charge in [-0.05, 0) is 31.9 Å². The van der Waals surface area contributed by atoms with Crippen molar-refractivity contribution in [1.82, 2.24) is 0 Å². The minimum atomic E-state index is -1.12. The van der Waals surface area contributed by atoms with Crippen LogP contribution in [0.4, 0.5) is 0 Å². The topological polar surface area (TPSA) is 29.5 Å². The number of benzene rings is 2. The zero-order valence-electron chi connectivity index (χ0n) is 12.3. The van der Waals surface area contributed by atoms with Crippen molar-refractivity contribution in [3.63, 3.8) is 0 Å². The van der Waals surface area contributed by atoms with Gasteiger partial charge in [0.15, 0.2) is 0 Å². The maximum atomic E-state index is 11.2. The monoisotopic (exact) mass is 270 g/mol. The van der Waals surface area contributed by atoms with Gasteiger partial charge in [0.05, 0.1) is 0 Å². The van der Waals surface area contributed by atoms with Gasteiger partial charge in [0.2, 0.25) is 0 Å². The first-order valence-corrected chi connectivity index (χ1v) is 6.99. The molecule has 0 bridgehead atoms. The van der Waals surface area contributed by atoms with Gasteiger partial charge in [-0.25, -0.2) is 0 Å². The summed E-state index contributed by atoms with van der Waals surface area (Å²) in [4.78, 5) is 0. The summed E-state index contributed by atoms with van der Waals surface area (Å²) < 4.78 is 5.98. The summed E-state index contributed by atoms with van der Waals surface area (Å²) in [5.74, 6) is 0. The molecule has 0 aliphatic rings. The Morgan fingerprint density at radius 2 is 1.30 bits per heavy atom. The van der Waals surface area contributed by atoms with E-state index >= 15 is 0 Å². The van der Waals surface area contributed by atoms with Crippen molar-refractivity contribution < 1.29 is 9.84 Å². The van der Waals surface area contributed by atoms with Gasteiger partial charge < -0.3 is 9.84 Å². The van der Waals surface area contributed by atoms with Gasteiger partial charge in [-0.15, -0.1) is 0 Å². The van der Waals surface area contributed by atoms with Crippen molar-refractivity contribution in [2.24, 2.45) is 0 Å². The van der Waals surface area contributed by atoms with Crippen molar-refractivity contribution in [1.29, 1.82) is 0 Å². The standard InChI is InChI=1S/C18H22O2/c1-4-20-18(3,16-13-9-6-10-14-16)17(2,19)15-11-7-5-8-12-15/h5-14,19H,4H2,1-3H3. The molecule has 20 heavy (non-hydrogen) atoms. The van der Waals surface area contributed by atoms with Crippen LogP contribution >= 0.6 is 0 Å². The molecule has 2 rings (SSSR count). The highest BCUT2D eigenvalue weighted by molar-refractivity contribution is 5.32. The van der Waals surface area contributed by atoms with E-state index in [1.165, 1.54) is 0 Å². The molecule has 0 radical (unpaired) electrons. The summed E-state index contributed by atoms with van der Waals surface area (Å²) in [5, 5.41) is 11.2. The quantitative estimate of drug-likeness (QED) is 0.894. The molecule has 0 saturated carbocycles. The van der Waals surface area contributed by atoms with Gasteiger partial charge in [-0.1, -0.05) is 60.7 Å². The molecular weight excluding hydrogens is 248 g/mol. The summed E-state index contributed by atoms with van der Waals surface area (Å²) in [6, 6.07) is 19.6. The second kappa shape index (κ2) is 5.78. The molecule has 0 aromatic heterocycles. The van der Waals surface area contributed by atoms with Crippen LogP contribution in [0.5, 0.6) is 0 Å². The van der Waals surface area contributed by atoms with E-state index in [4.69, 9.17) is 4.74 Å². The summed E-state index contributed by atoms with van der Waals surface area (Å²) in [6.45, 7) is 6.24. The highest BCUT2D eigenvalue weighted by Crippen LogP contribution is 2.43. The van der Waals surface area contributed by atoms with Crippen LogP contribution in [0.2, 0.25) is 0 Å². The van der Waals surface area contributed by atoms with E-state index < -0.39 is 11.2 Å². The first kappa shape index (κ1) is 14.8. The van der Waals surface area contributed by atoms with Crippen LogP contribution < -0.4 is 0 Å². The summed E-state index contributed by atoms with van der Waals surface area (Å²) >= 11 is 0. The van der Waals surface area contributed by atoms with Crippen LogP contribution in [0.3, 0.4) is 0 Å². The molecule has 0 aliphatic heterocycles. The molecule has 0 amide bonds. The third-order valence-corrected chi connectivity index (χ3v) is 4.02. The molecule has 0 heterocycles. The molecule has 2 unspecified atom stereocenters. The average molecular weight is 270 g/mol. The largest absolute Gasteiger partial charge is 0.382 e. The van der Waals surface area contributed by atoms with Crippen molar-refractivity contribution in [2.45, 2.75) is 32.0 Å². The predicted molar refractivity (Wildman–Crippen MR) is 81.4 cm³/mol. The number of rotatable bonds is 5. The van der Waals surface area contributed by atoms with Gasteiger partial charge >= 0.3 is 0 Å². The van der Waals surface area contributed by atoms with Crippen LogP contribution in [-0.2, 0) is 15.9 Å². The molecule has 0 spiro atoms. The van der Waals surface area contributed by atoms with Gasteiger partial charge in [0, 0.05) is 6.61 Å². The van der Waals surface area contributed by atoms with E-state index in [0.717, 1.165) is 11.1 Å². The van der Waals surface area contributed by atoms with Crippen molar-refractivity contribution in [3.8, 4) is 0 Å². The minimum absolute atomic E-state index is 0.536.